The van der Waals surface area contributed by atoms with Crippen molar-refractivity contribution in [1.29, 1.82) is 0 Å². The Bertz CT molecular complexity index is 496. The number of aliphatic imine (C=N–C) groups is 2. The summed E-state index contributed by atoms with van der Waals surface area (Å²) in [6.45, 7) is 7.74. The van der Waals surface area contributed by atoms with Gasteiger partial charge in [-0.05, 0) is 27.7 Å². The molecule has 0 unspecified atom stereocenters. The van der Waals surface area contributed by atoms with Crippen molar-refractivity contribution >= 4 is 11.4 Å². The molecule has 0 aliphatic carbocycles. The Kier molecular flexibility index (Phi) is 2.72. The van der Waals surface area contributed by atoms with Gasteiger partial charge >= 0.3 is 0 Å². The van der Waals surface area contributed by atoms with Crippen LogP contribution in [0.3, 0.4) is 0 Å². The van der Waals surface area contributed by atoms with E-state index in [4.69, 9.17) is 15.2 Å². The summed E-state index contributed by atoms with van der Waals surface area (Å²) in [6, 6.07) is 0. The summed E-state index contributed by atoms with van der Waals surface area (Å²) in [4.78, 5) is 8.66. The lowest BCUT2D eigenvalue weighted by Crippen LogP contribution is -2.30. The average Bonchev–Trinajstić information content (AvgIpc) is 2.63. The summed E-state index contributed by atoms with van der Waals surface area (Å²) >= 11 is 0. The second-order valence-corrected chi connectivity index (χ2v) is 5.36. The third kappa shape index (κ3) is 2.12. The molecule has 0 aromatic heterocycles. The van der Waals surface area contributed by atoms with Crippen molar-refractivity contribution < 1.29 is 9.47 Å². The smallest absolute Gasteiger partial charge is 0.216 e. The van der Waals surface area contributed by atoms with E-state index in [2.05, 4.69) is 9.98 Å². The largest absolute Gasteiger partial charge is 0.467 e. The summed E-state index contributed by atoms with van der Waals surface area (Å²) in [5.41, 5.74) is 6.32. The summed E-state index contributed by atoms with van der Waals surface area (Å²) < 4.78 is 11.2. The fourth-order valence-electron chi connectivity index (χ4n) is 1.99. The van der Waals surface area contributed by atoms with Crippen LogP contribution in [0.5, 0.6) is 0 Å². The topological polar surface area (TPSA) is 69.2 Å². The molecule has 0 atom stereocenters. The number of nitrogens with zero attached hydrogens (tertiary/aromatic N) is 2. The van der Waals surface area contributed by atoms with Crippen molar-refractivity contribution in [2.24, 2.45) is 15.7 Å². The monoisotopic (exact) mass is 249 g/mol. The number of ether oxygens (including phenoxy) is 2. The summed E-state index contributed by atoms with van der Waals surface area (Å²) in [7, 11) is 1.74. The van der Waals surface area contributed by atoms with E-state index in [1.807, 2.05) is 33.8 Å². The van der Waals surface area contributed by atoms with Gasteiger partial charge in [0.25, 0.3) is 0 Å². The standard InChI is InChI=1S/C13H19N3O2/c1-12(2)8(15-5)7-11(18-12)16-9-6-10(14)17-13(9,3)4/h6-7H,14H2,1-5H3/b15-8?,16-9+. The normalized spacial score (nSPS) is 28.9. The fourth-order valence-corrected chi connectivity index (χ4v) is 1.99. The SMILES string of the molecule is CN=C1C=C(/N=C2\C=C(N)OC2(C)C)OC1(C)C. The molecule has 0 bridgehead atoms. The van der Waals surface area contributed by atoms with E-state index in [0.717, 1.165) is 11.4 Å². The predicted molar refractivity (Wildman–Crippen MR) is 71.5 cm³/mol. The Hall–Kier alpha value is -1.78. The van der Waals surface area contributed by atoms with Crippen LogP contribution in [-0.2, 0) is 9.47 Å². The van der Waals surface area contributed by atoms with Crippen LogP contribution in [0.1, 0.15) is 27.7 Å². The lowest BCUT2D eigenvalue weighted by atomic mass is 10.0. The number of nitrogens with two attached hydrogens (primary N) is 1. The zero-order chi connectivity index (χ0) is 13.6. The minimum atomic E-state index is -0.523. The van der Waals surface area contributed by atoms with Gasteiger partial charge in [-0.25, -0.2) is 4.99 Å². The van der Waals surface area contributed by atoms with Crippen LogP contribution in [0, 0.1) is 0 Å². The van der Waals surface area contributed by atoms with Crippen molar-refractivity contribution in [3.63, 3.8) is 0 Å². The Balaban J connectivity index is 2.31. The van der Waals surface area contributed by atoms with Crippen molar-refractivity contribution in [3.05, 3.63) is 23.9 Å². The van der Waals surface area contributed by atoms with E-state index in [9.17, 15) is 0 Å². The van der Waals surface area contributed by atoms with E-state index in [0.29, 0.717) is 11.8 Å². The van der Waals surface area contributed by atoms with E-state index in [1.165, 1.54) is 0 Å². The molecule has 5 heteroatoms. The first-order valence-corrected chi connectivity index (χ1v) is 5.88. The zero-order valence-electron chi connectivity index (χ0n) is 11.4. The molecule has 0 saturated carbocycles. The minimum absolute atomic E-state index is 0.376. The molecular weight excluding hydrogens is 230 g/mol. The van der Waals surface area contributed by atoms with Gasteiger partial charge in [0.2, 0.25) is 5.88 Å². The van der Waals surface area contributed by atoms with E-state index in [-0.39, 0.29) is 0 Å². The van der Waals surface area contributed by atoms with Crippen molar-refractivity contribution in [1.82, 2.24) is 0 Å². The quantitative estimate of drug-likeness (QED) is 0.769. The van der Waals surface area contributed by atoms with E-state index >= 15 is 0 Å². The average molecular weight is 249 g/mol. The maximum absolute atomic E-state index is 5.76. The Morgan fingerprint density at radius 3 is 2.06 bits per heavy atom. The highest BCUT2D eigenvalue weighted by molar-refractivity contribution is 6.06. The summed E-state index contributed by atoms with van der Waals surface area (Å²) in [6.07, 6.45) is 3.56. The second kappa shape index (κ2) is 3.86. The Labute approximate surface area is 107 Å². The number of hydrogen-bond acceptors (Lipinski definition) is 5. The molecule has 0 saturated heterocycles. The predicted octanol–water partition coefficient (Wildman–Crippen LogP) is 1.76. The van der Waals surface area contributed by atoms with Crippen molar-refractivity contribution in [3.8, 4) is 0 Å². The van der Waals surface area contributed by atoms with Crippen LogP contribution in [0.15, 0.2) is 33.9 Å². The van der Waals surface area contributed by atoms with Crippen molar-refractivity contribution in [2.75, 3.05) is 7.05 Å². The molecule has 0 radical (unpaired) electrons. The molecule has 2 N–H and O–H groups in total. The van der Waals surface area contributed by atoms with Crippen LogP contribution < -0.4 is 5.73 Å². The van der Waals surface area contributed by atoms with Crippen LogP contribution in [-0.4, -0.2) is 29.7 Å². The highest BCUT2D eigenvalue weighted by Gasteiger charge is 2.36. The first kappa shape index (κ1) is 12.7. The third-order valence-electron chi connectivity index (χ3n) is 2.98. The van der Waals surface area contributed by atoms with Crippen molar-refractivity contribution in [2.45, 2.75) is 38.9 Å². The molecule has 98 valence electrons. The van der Waals surface area contributed by atoms with Gasteiger partial charge in [0.05, 0.1) is 11.4 Å². The Morgan fingerprint density at radius 1 is 1.00 bits per heavy atom. The van der Waals surface area contributed by atoms with Gasteiger partial charge in [0.15, 0.2) is 5.88 Å². The van der Waals surface area contributed by atoms with Gasteiger partial charge in [-0.15, -0.1) is 0 Å². The molecule has 2 heterocycles. The van der Waals surface area contributed by atoms with Crippen LogP contribution in [0.4, 0.5) is 0 Å². The number of hydrogen-bond donors (Lipinski definition) is 1. The van der Waals surface area contributed by atoms with Crippen LogP contribution >= 0.6 is 0 Å². The molecule has 2 rings (SSSR count). The highest BCUT2D eigenvalue weighted by Crippen LogP contribution is 2.29. The van der Waals surface area contributed by atoms with Gasteiger partial charge in [-0.1, -0.05) is 0 Å². The Morgan fingerprint density at radius 2 is 1.61 bits per heavy atom. The first-order chi connectivity index (χ1) is 8.24. The van der Waals surface area contributed by atoms with Gasteiger partial charge < -0.3 is 15.2 Å². The maximum atomic E-state index is 5.76. The molecular formula is C13H19N3O2. The van der Waals surface area contributed by atoms with E-state index in [1.54, 1.807) is 13.1 Å². The third-order valence-corrected chi connectivity index (χ3v) is 2.98. The molecule has 18 heavy (non-hydrogen) atoms. The molecule has 5 nitrogen and oxygen atoms in total. The molecule has 0 fully saturated rings. The van der Waals surface area contributed by atoms with E-state index < -0.39 is 11.2 Å². The summed E-state index contributed by atoms with van der Waals surface area (Å²) in [5.74, 6) is 0.916. The zero-order valence-corrected chi connectivity index (χ0v) is 11.4. The van der Waals surface area contributed by atoms with Crippen LogP contribution in [0.25, 0.3) is 0 Å². The van der Waals surface area contributed by atoms with Gasteiger partial charge in [-0.2, -0.15) is 0 Å². The molecule has 0 aromatic carbocycles. The molecule has 0 amide bonds. The molecule has 0 spiro atoms. The first-order valence-electron chi connectivity index (χ1n) is 5.88. The minimum Gasteiger partial charge on any atom is -0.467 e. The lowest BCUT2D eigenvalue weighted by Gasteiger charge is -2.21. The fraction of sp³-hybridized carbons (Fsp3) is 0.538. The molecule has 0 aromatic rings. The highest BCUT2D eigenvalue weighted by atomic mass is 16.5. The lowest BCUT2D eigenvalue weighted by molar-refractivity contribution is 0.0998. The van der Waals surface area contributed by atoms with Gasteiger partial charge in [-0.3, -0.25) is 4.99 Å². The van der Waals surface area contributed by atoms with Gasteiger partial charge in [0.1, 0.15) is 11.2 Å². The molecule has 2 aliphatic heterocycles. The molecule has 2 aliphatic rings. The maximum Gasteiger partial charge on any atom is 0.216 e. The van der Waals surface area contributed by atoms with Crippen LogP contribution in [0.2, 0.25) is 0 Å². The number of rotatable bonds is 1. The summed E-state index contributed by atoms with van der Waals surface area (Å²) in [5, 5.41) is 0. The van der Waals surface area contributed by atoms with Gasteiger partial charge in [0, 0.05) is 19.2 Å². The second-order valence-electron chi connectivity index (χ2n) is 5.36.